The predicted octanol–water partition coefficient (Wildman–Crippen LogP) is 1.47. The van der Waals surface area contributed by atoms with Gasteiger partial charge in [0, 0.05) is 18.6 Å². The zero-order valence-corrected chi connectivity index (χ0v) is 10.9. The fraction of sp³-hybridized carbons (Fsp3) is 0.364. The van der Waals surface area contributed by atoms with Gasteiger partial charge in [0.15, 0.2) is 0 Å². The molecule has 1 aromatic rings. The lowest BCUT2D eigenvalue weighted by atomic mass is 10.1. The molecule has 5 heteroatoms. The molecule has 0 aliphatic rings. The van der Waals surface area contributed by atoms with Crippen LogP contribution in [0.3, 0.4) is 0 Å². The first-order valence-corrected chi connectivity index (χ1v) is 5.65. The highest BCUT2D eigenvalue weighted by molar-refractivity contribution is 9.10. The number of halogens is 1. The minimum Gasteiger partial charge on any atom is -0.480 e. The molecule has 1 rings (SSSR count). The van der Waals surface area contributed by atoms with Crippen LogP contribution < -0.4 is 10.6 Å². The third-order valence-corrected chi connectivity index (χ3v) is 2.94. The van der Waals surface area contributed by atoms with Crippen LogP contribution in [-0.2, 0) is 11.2 Å². The monoisotopic (exact) mass is 286 g/mol. The average molecular weight is 287 g/mol. The van der Waals surface area contributed by atoms with Gasteiger partial charge in [-0.15, -0.1) is 0 Å². The van der Waals surface area contributed by atoms with Crippen molar-refractivity contribution >= 4 is 27.6 Å². The molecule has 0 heterocycles. The van der Waals surface area contributed by atoms with Crippen LogP contribution in [0.15, 0.2) is 22.7 Å². The SMILES string of the molecule is CN(C)c1cc(CC(N)C(=O)O)ccc1Br. The van der Waals surface area contributed by atoms with Crippen molar-refractivity contribution < 1.29 is 9.90 Å². The first-order valence-electron chi connectivity index (χ1n) is 4.86. The predicted molar refractivity (Wildman–Crippen MR) is 67.8 cm³/mol. The van der Waals surface area contributed by atoms with Crippen molar-refractivity contribution in [1.29, 1.82) is 0 Å². The molecule has 0 aromatic heterocycles. The molecule has 0 aliphatic heterocycles. The lowest BCUT2D eigenvalue weighted by Crippen LogP contribution is -2.32. The molecule has 3 N–H and O–H groups in total. The summed E-state index contributed by atoms with van der Waals surface area (Å²) in [5.74, 6) is -0.977. The summed E-state index contributed by atoms with van der Waals surface area (Å²) < 4.78 is 0.977. The van der Waals surface area contributed by atoms with E-state index in [0.717, 1.165) is 15.7 Å². The molecule has 0 radical (unpaired) electrons. The second kappa shape index (κ2) is 5.32. The van der Waals surface area contributed by atoms with Crippen molar-refractivity contribution in [1.82, 2.24) is 0 Å². The molecule has 1 atom stereocenters. The maximum Gasteiger partial charge on any atom is 0.320 e. The minimum atomic E-state index is -0.977. The van der Waals surface area contributed by atoms with Crippen LogP contribution >= 0.6 is 15.9 Å². The van der Waals surface area contributed by atoms with Crippen LogP contribution in [0.2, 0.25) is 0 Å². The van der Waals surface area contributed by atoms with E-state index < -0.39 is 12.0 Å². The van der Waals surface area contributed by atoms with Crippen LogP contribution in [0.1, 0.15) is 5.56 Å². The number of rotatable bonds is 4. The standard InChI is InChI=1S/C11H15BrN2O2/c1-14(2)10-6-7(3-4-8(10)12)5-9(13)11(15)16/h3-4,6,9H,5,13H2,1-2H3,(H,15,16). The van der Waals surface area contributed by atoms with Crippen molar-refractivity contribution in [3.63, 3.8) is 0 Å². The van der Waals surface area contributed by atoms with Gasteiger partial charge in [-0.1, -0.05) is 6.07 Å². The second-order valence-corrected chi connectivity index (χ2v) is 4.68. The van der Waals surface area contributed by atoms with Crippen molar-refractivity contribution in [2.24, 2.45) is 5.73 Å². The zero-order chi connectivity index (χ0) is 12.3. The number of nitrogens with zero attached hydrogens (tertiary/aromatic N) is 1. The summed E-state index contributed by atoms with van der Waals surface area (Å²) in [6, 6.07) is 4.86. The Morgan fingerprint density at radius 3 is 2.69 bits per heavy atom. The van der Waals surface area contributed by atoms with Crippen LogP contribution in [0.4, 0.5) is 5.69 Å². The number of hydrogen-bond donors (Lipinski definition) is 2. The molecule has 1 unspecified atom stereocenters. The Balaban J connectivity index is 2.91. The maximum absolute atomic E-state index is 10.6. The van der Waals surface area contributed by atoms with Gasteiger partial charge in [0.1, 0.15) is 6.04 Å². The molecule has 0 amide bonds. The Kier molecular flexibility index (Phi) is 4.32. The van der Waals surface area contributed by atoms with Crippen LogP contribution in [0, 0.1) is 0 Å². The first kappa shape index (κ1) is 13.0. The van der Waals surface area contributed by atoms with E-state index in [1.165, 1.54) is 0 Å². The summed E-state index contributed by atoms with van der Waals surface area (Å²) >= 11 is 3.44. The first-order chi connectivity index (χ1) is 7.41. The number of carboxylic acid groups (broad SMARTS) is 1. The molecule has 88 valence electrons. The van der Waals surface area contributed by atoms with Crippen LogP contribution in [0.5, 0.6) is 0 Å². The Bertz CT molecular complexity index is 394. The minimum absolute atomic E-state index is 0.337. The Morgan fingerprint density at radius 2 is 2.19 bits per heavy atom. The van der Waals surface area contributed by atoms with Gasteiger partial charge >= 0.3 is 5.97 Å². The summed E-state index contributed by atoms with van der Waals surface area (Å²) in [5, 5.41) is 8.73. The number of nitrogens with two attached hydrogens (primary N) is 1. The van der Waals surface area contributed by atoms with E-state index in [1.54, 1.807) is 0 Å². The zero-order valence-electron chi connectivity index (χ0n) is 9.27. The van der Waals surface area contributed by atoms with E-state index in [4.69, 9.17) is 10.8 Å². The fourth-order valence-corrected chi connectivity index (χ4v) is 1.97. The topological polar surface area (TPSA) is 66.6 Å². The van der Waals surface area contributed by atoms with E-state index in [-0.39, 0.29) is 0 Å². The molecule has 1 aromatic carbocycles. The number of benzene rings is 1. The van der Waals surface area contributed by atoms with E-state index in [1.807, 2.05) is 37.2 Å². The van der Waals surface area contributed by atoms with E-state index in [0.29, 0.717) is 6.42 Å². The molecular formula is C11H15BrN2O2. The third-order valence-electron chi connectivity index (χ3n) is 2.27. The smallest absolute Gasteiger partial charge is 0.320 e. The number of carbonyl (C=O) groups is 1. The van der Waals surface area contributed by atoms with Gasteiger partial charge in [-0.3, -0.25) is 4.79 Å². The molecule has 0 saturated carbocycles. The number of aliphatic carboxylic acids is 1. The number of hydrogen-bond acceptors (Lipinski definition) is 3. The Morgan fingerprint density at radius 1 is 1.56 bits per heavy atom. The van der Waals surface area contributed by atoms with E-state index in [9.17, 15) is 4.79 Å². The van der Waals surface area contributed by atoms with Crippen molar-refractivity contribution in [3.05, 3.63) is 28.2 Å². The lowest BCUT2D eigenvalue weighted by Gasteiger charge is -2.16. The second-order valence-electron chi connectivity index (χ2n) is 3.83. The van der Waals surface area contributed by atoms with Crippen molar-refractivity contribution in [3.8, 4) is 0 Å². The highest BCUT2D eigenvalue weighted by atomic mass is 79.9. The molecule has 16 heavy (non-hydrogen) atoms. The van der Waals surface area contributed by atoms with Gasteiger partial charge < -0.3 is 15.7 Å². The van der Waals surface area contributed by atoms with Gasteiger partial charge in [0.25, 0.3) is 0 Å². The summed E-state index contributed by atoms with van der Waals surface area (Å²) in [5.41, 5.74) is 7.42. The van der Waals surface area contributed by atoms with E-state index in [2.05, 4.69) is 15.9 Å². The lowest BCUT2D eigenvalue weighted by molar-refractivity contribution is -0.138. The summed E-state index contributed by atoms with van der Waals surface area (Å²) in [6.07, 6.45) is 0.337. The summed E-state index contributed by atoms with van der Waals surface area (Å²) in [7, 11) is 3.86. The van der Waals surface area contributed by atoms with Crippen molar-refractivity contribution in [2.75, 3.05) is 19.0 Å². The Hall–Kier alpha value is -1.07. The quantitative estimate of drug-likeness (QED) is 0.880. The molecule has 0 bridgehead atoms. The number of carboxylic acids is 1. The number of anilines is 1. The molecule has 0 saturated heterocycles. The summed E-state index contributed by atoms with van der Waals surface area (Å²) in [4.78, 5) is 12.6. The fourth-order valence-electron chi connectivity index (χ4n) is 1.37. The van der Waals surface area contributed by atoms with Gasteiger partial charge in [-0.2, -0.15) is 0 Å². The third kappa shape index (κ3) is 3.21. The molecule has 4 nitrogen and oxygen atoms in total. The largest absolute Gasteiger partial charge is 0.480 e. The van der Waals surface area contributed by atoms with Gasteiger partial charge in [-0.25, -0.2) is 0 Å². The molecule has 0 spiro atoms. The Labute approximate surface area is 103 Å². The van der Waals surface area contributed by atoms with Crippen LogP contribution in [-0.4, -0.2) is 31.2 Å². The molecule has 0 aliphatic carbocycles. The van der Waals surface area contributed by atoms with Crippen molar-refractivity contribution in [2.45, 2.75) is 12.5 Å². The van der Waals surface area contributed by atoms with Crippen LogP contribution in [0.25, 0.3) is 0 Å². The maximum atomic E-state index is 10.6. The van der Waals surface area contributed by atoms with Gasteiger partial charge in [-0.05, 0) is 40.0 Å². The normalized spacial score (nSPS) is 12.2. The highest BCUT2D eigenvalue weighted by Gasteiger charge is 2.13. The highest BCUT2D eigenvalue weighted by Crippen LogP contribution is 2.26. The molecule has 0 fully saturated rings. The molecular weight excluding hydrogens is 272 g/mol. The van der Waals surface area contributed by atoms with Gasteiger partial charge in [0.2, 0.25) is 0 Å². The summed E-state index contributed by atoms with van der Waals surface area (Å²) in [6.45, 7) is 0. The van der Waals surface area contributed by atoms with Gasteiger partial charge in [0.05, 0.1) is 5.69 Å². The van der Waals surface area contributed by atoms with E-state index >= 15 is 0 Å². The average Bonchev–Trinajstić information content (AvgIpc) is 2.20.